The van der Waals surface area contributed by atoms with Gasteiger partial charge in [-0.3, -0.25) is 10.1 Å². The fourth-order valence-electron chi connectivity index (χ4n) is 2.60. The summed E-state index contributed by atoms with van der Waals surface area (Å²) >= 11 is 0. The number of hydrogen-bond donors (Lipinski definition) is 3. The van der Waals surface area contributed by atoms with Crippen molar-refractivity contribution in [3.05, 3.63) is 29.8 Å². The molecule has 0 aromatic carbocycles. The van der Waals surface area contributed by atoms with Gasteiger partial charge in [-0.25, -0.2) is 4.98 Å². The van der Waals surface area contributed by atoms with Gasteiger partial charge in [0.2, 0.25) is 0 Å². The largest absolute Gasteiger partial charge is 0.387 e. The zero-order valence-electron chi connectivity index (χ0n) is 11.5. The van der Waals surface area contributed by atoms with Crippen molar-refractivity contribution in [3.8, 4) is 0 Å². The fourth-order valence-corrected chi connectivity index (χ4v) is 2.60. The van der Waals surface area contributed by atoms with Crippen molar-refractivity contribution in [3.63, 3.8) is 0 Å². The Labute approximate surface area is 117 Å². The van der Waals surface area contributed by atoms with E-state index in [1.807, 2.05) is 6.07 Å². The van der Waals surface area contributed by atoms with Crippen LogP contribution < -0.4 is 5.32 Å². The van der Waals surface area contributed by atoms with Crippen molar-refractivity contribution >= 4 is 11.6 Å². The minimum absolute atomic E-state index is 0.559. The van der Waals surface area contributed by atoms with Crippen LogP contribution in [-0.2, 0) is 0 Å². The quantitative estimate of drug-likeness (QED) is 0.797. The second-order valence-electron chi connectivity index (χ2n) is 5.32. The molecular weight excluding hydrogens is 254 g/mol. The van der Waals surface area contributed by atoms with Crippen LogP contribution in [-0.4, -0.2) is 25.3 Å². The van der Waals surface area contributed by atoms with Crippen LogP contribution in [0.15, 0.2) is 18.5 Å². The third-order valence-corrected chi connectivity index (χ3v) is 3.75. The van der Waals surface area contributed by atoms with Gasteiger partial charge >= 0.3 is 0 Å². The first kappa shape index (κ1) is 13.1. The van der Waals surface area contributed by atoms with Gasteiger partial charge < -0.3 is 10.4 Å². The average Bonchev–Trinajstić information content (AvgIpc) is 3.09. The standard InChI is InChI=1S/C14H19N5O/c1-9(20)12-7-16-14(8-15-12)17-13-6-11(18-19-13)10-4-2-3-5-10/h6-10,20H,2-5H2,1H3,(H2,16,17,18,19)/t9-/m1/s1. The van der Waals surface area contributed by atoms with Crippen LogP contribution in [0.1, 0.15) is 56.0 Å². The van der Waals surface area contributed by atoms with Crippen molar-refractivity contribution in [2.24, 2.45) is 0 Å². The van der Waals surface area contributed by atoms with E-state index >= 15 is 0 Å². The summed E-state index contributed by atoms with van der Waals surface area (Å²) in [4.78, 5) is 8.36. The molecule has 1 fully saturated rings. The van der Waals surface area contributed by atoms with Crippen molar-refractivity contribution in [1.82, 2.24) is 20.2 Å². The summed E-state index contributed by atoms with van der Waals surface area (Å²) in [5, 5.41) is 19.9. The van der Waals surface area contributed by atoms with Crippen LogP contribution in [0.25, 0.3) is 0 Å². The molecule has 0 radical (unpaired) electrons. The summed E-state index contributed by atoms with van der Waals surface area (Å²) in [6.07, 6.45) is 7.66. The van der Waals surface area contributed by atoms with Gasteiger partial charge in [-0.05, 0) is 19.8 Å². The maximum absolute atomic E-state index is 9.39. The monoisotopic (exact) mass is 273 g/mol. The van der Waals surface area contributed by atoms with Crippen molar-refractivity contribution < 1.29 is 5.11 Å². The Morgan fingerprint density at radius 2 is 2.05 bits per heavy atom. The lowest BCUT2D eigenvalue weighted by Crippen LogP contribution is -2.00. The fraction of sp³-hybridized carbons (Fsp3) is 0.500. The van der Waals surface area contributed by atoms with Gasteiger partial charge in [0.05, 0.1) is 24.2 Å². The first-order valence-corrected chi connectivity index (χ1v) is 7.04. The van der Waals surface area contributed by atoms with Crippen molar-refractivity contribution in [2.45, 2.75) is 44.6 Å². The number of rotatable bonds is 4. The van der Waals surface area contributed by atoms with E-state index in [0.29, 0.717) is 17.4 Å². The van der Waals surface area contributed by atoms with Gasteiger partial charge in [-0.2, -0.15) is 5.10 Å². The van der Waals surface area contributed by atoms with Crippen LogP contribution >= 0.6 is 0 Å². The molecule has 2 heterocycles. The maximum atomic E-state index is 9.39. The summed E-state index contributed by atoms with van der Waals surface area (Å²) in [5.41, 5.74) is 1.75. The first-order valence-electron chi connectivity index (χ1n) is 7.04. The van der Waals surface area contributed by atoms with Crippen molar-refractivity contribution in [1.29, 1.82) is 0 Å². The summed E-state index contributed by atoms with van der Waals surface area (Å²) < 4.78 is 0. The molecule has 6 heteroatoms. The van der Waals surface area contributed by atoms with Crippen LogP contribution in [0.3, 0.4) is 0 Å². The van der Waals surface area contributed by atoms with E-state index in [9.17, 15) is 5.11 Å². The highest BCUT2D eigenvalue weighted by Crippen LogP contribution is 2.33. The molecule has 1 atom stereocenters. The Balaban J connectivity index is 1.68. The average molecular weight is 273 g/mol. The number of anilines is 2. The lowest BCUT2D eigenvalue weighted by molar-refractivity contribution is 0.194. The summed E-state index contributed by atoms with van der Waals surface area (Å²) in [7, 11) is 0. The predicted molar refractivity (Wildman–Crippen MR) is 75.7 cm³/mol. The minimum Gasteiger partial charge on any atom is -0.387 e. The maximum Gasteiger partial charge on any atom is 0.153 e. The molecule has 2 aromatic rings. The SMILES string of the molecule is C[C@@H](O)c1cnc(Nc2cc(C3CCCC3)[nH]n2)cn1. The molecule has 1 aliphatic rings. The Kier molecular flexibility index (Phi) is 3.64. The molecular formula is C14H19N5O. The second kappa shape index (κ2) is 5.58. The topological polar surface area (TPSA) is 86.7 Å². The number of aromatic amines is 1. The van der Waals surface area contributed by atoms with E-state index in [1.165, 1.54) is 31.4 Å². The molecule has 1 aliphatic carbocycles. The zero-order chi connectivity index (χ0) is 13.9. The summed E-state index contributed by atoms with van der Waals surface area (Å²) in [6.45, 7) is 1.67. The molecule has 0 amide bonds. The number of nitrogens with one attached hydrogen (secondary N) is 2. The van der Waals surface area contributed by atoms with Gasteiger partial charge in [0.1, 0.15) is 5.82 Å². The molecule has 1 saturated carbocycles. The first-order chi connectivity index (χ1) is 9.72. The third kappa shape index (κ3) is 2.80. The highest BCUT2D eigenvalue weighted by molar-refractivity contribution is 5.50. The van der Waals surface area contributed by atoms with Crippen LogP contribution in [0.5, 0.6) is 0 Å². The Morgan fingerprint density at radius 3 is 2.70 bits per heavy atom. The molecule has 3 N–H and O–H groups in total. The third-order valence-electron chi connectivity index (χ3n) is 3.75. The van der Waals surface area contributed by atoms with Gasteiger partial charge in [0.25, 0.3) is 0 Å². The zero-order valence-corrected chi connectivity index (χ0v) is 11.5. The lowest BCUT2D eigenvalue weighted by Gasteiger charge is -2.05. The van der Waals surface area contributed by atoms with Crippen LogP contribution in [0.4, 0.5) is 11.6 Å². The summed E-state index contributed by atoms with van der Waals surface area (Å²) in [5.74, 6) is 1.99. The van der Waals surface area contributed by atoms with E-state index in [4.69, 9.17) is 0 Å². The number of aromatic nitrogens is 4. The summed E-state index contributed by atoms with van der Waals surface area (Å²) in [6, 6.07) is 2.04. The van der Waals surface area contributed by atoms with Gasteiger partial charge in [0, 0.05) is 17.7 Å². The van der Waals surface area contributed by atoms with Crippen LogP contribution in [0.2, 0.25) is 0 Å². The van der Waals surface area contributed by atoms with Crippen LogP contribution in [0, 0.1) is 0 Å². The number of H-pyrrole nitrogens is 1. The van der Waals surface area contributed by atoms with Gasteiger partial charge in [-0.1, -0.05) is 12.8 Å². The number of aliphatic hydroxyl groups is 1. The molecule has 0 bridgehead atoms. The molecule has 3 rings (SSSR count). The molecule has 0 spiro atoms. The van der Waals surface area contributed by atoms with Crippen molar-refractivity contribution in [2.75, 3.05) is 5.32 Å². The highest BCUT2D eigenvalue weighted by Gasteiger charge is 2.19. The molecule has 2 aromatic heterocycles. The van der Waals surface area contributed by atoms with E-state index in [1.54, 1.807) is 19.3 Å². The Bertz CT molecular complexity index is 557. The van der Waals surface area contributed by atoms with E-state index < -0.39 is 6.10 Å². The number of hydrogen-bond acceptors (Lipinski definition) is 5. The van der Waals surface area contributed by atoms with Gasteiger partial charge in [0.15, 0.2) is 5.82 Å². The number of nitrogens with zero attached hydrogens (tertiary/aromatic N) is 3. The van der Waals surface area contributed by atoms with E-state index in [2.05, 4.69) is 25.5 Å². The molecule has 6 nitrogen and oxygen atoms in total. The second-order valence-corrected chi connectivity index (χ2v) is 5.32. The van der Waals surface area contributed by atoms with Gasteiger partial charge in [-0.15, -0.1) is 0 Å². The number of aliphatic hydroxyl groups excluding tert-OH is 1. The van der Waals surface area contributed by atoms with E-state index in [-0.39, 0.29) is 0 Å². The van der Waals surface area contributed by atoms with E-state index in [0.717, 1.165) is 5.82 Å². The molecule has 20 heavy (non-hydrogen) atoms. The molecule has 0 unspecified atom stereocenters. The normalized spacial score (nSPS) is 17.3. The lowest BCUT2D eigenvalue weighted by atomic mass is 10.0. The molecule has 0 saturated heterocycles. The Hall–Kier alpha value is -1.95. The molecule has 0 aliphatic heterocycles. The smallest absolute Gasteiger partial charge is 0.153 e. The highest BCUT2D eigenvalue weighted by atomic mass is 16.3. The predicted octanol–water partition coefficient (Wildman–Crippen LogP) is 2.65. The minimum atomic E-state index is -0.601. The Morgan fingerprint density at radius 1 is 1.25 bits per heavy atom. The molecule has 106 valence electrons.